The lowest BCUT2D eigenvalue weighted by atomic mass is 10.0. The molecule has 2 bridgehead atoms. The summed E-state index contributed by atoms with van der Waals surface area (Å²) >= 11 is 0. The van der Waals surface area contributed by atoms with Crippen LogP contribution in [0.1, 0.15) is 60.5 Å². The number of rotatable bonds is 5. The maximum absolute atomic E-state index is 13.2. The van der Waals surface area contributed by atoms with Crippen molar-refractivity contribution in [1.82, 2.24) is 9.80 Å². The fourth-order valence-corrected chi connectivity index (χ4v) is 4.17. The number of hydrogen-bond acceptors (Lipinski definition) is 4. The lowest BCUT2D eigenvalue weighted by Gasteiger charge is -2.35. The molecule has 0 spiro atoms. The number of carboxylic acid groups (broad SMARTS) is 2. The molecule has 30 heavy (non-hydrogen) atoms. The molecular weight excluding hydrogens is 384 g/mol. The van der Waals surface area contributed by atoms with Gasteiger partial charge < -0.3 is 15.1 Å². The third-order valence-corrected chi connectivity index (χ3v) is 5.70. The van der Waals surface area contributed by atoms with Crippen molar-refractivity contribution in [3.63, 3.8) is 0 Å². The highest BCUT2D eigenvalue weighted by Crippen LogP contribution is 2.35. The van der Waals surface area contributed by atoms with Gasteiger partial charge in [-0.3, -0.25) is 9.69 Å². The van der Waals surface area contributed by atoms with E-state index in [9.17, 15) is 4.79 Å². The minimum Gasteiger partial charge on any atom is -0.473 e. The number of aryl methyl sites for hydroxylation is 2. The van der Waals surface area contributed by atoms with Gasteiger partial charge in [-0.1, -0.05) is 30.5 Å². The van der Waals surface area contributed by atoms with E-state index in [1.807, 2.05) is 12.1 Å². The Kier molecular flexibility index (Phi) is 8.17. The summed E-state index contributed by atoms with van der Waals surface area (Å²) in [5, 5.41) is 14.8. The van der Waals surface area contributed by atoms with Gasteiger partial charge in [-0.25, -0.2) is 9.59 Å². The SMILES string of the molecule is CCCCN(C(=O)c1cc(C)cc(C)c1)C1=CC2CCC(C1)N2C.O=C(O)C(=O)O. The van der Waals surface area contributed by atoms with Gasteiger partial charge in [0.25, 0.3) is 5.91 Å². The number of carbonyl (C=O) groups is 3. The Bertz CT molecular complexity index is 801. The minimum atomic E-state index is -1.82. The molecule has 2 N–H and O–H groups in total. The number of likely N-dealkylation sites (N-methyl/N-ethyl adjacent to an activating group) is 1. The van der Waals surface area contributed by atoms with E-state index in [2.05, 4.69) is 49.8 Å². The Morgan fingerprint density at radius 1 is 1.07 bits per heavy atom. The zero-order chi connectivity index (χ0) is 22.4. The number of amides is 1. The fraction of sp³-hybridized carbons (Fsp3) is 0.522. The van der Waals surface area contributed by atoms with Crippen LogP contribution < -0.4 is 0 Å². The van der Waals surface area contributed by atoms with Gasteiger partial charge in [0.05, 0.1) is 0 Å². The highest BCUT2D eigenvalue weighted by molar-refractivity contribution is 6.27. The molecule has 0 aliphatic carbocycles. The zero-order valence-corrected chi connectivity index (χ0v) is 18.2. The quantitative estimate of drug-likeness (QED) is 0.714. The molecule has 2 aliphatic rings. The number of benzene rings is 1. The second-order valence-corrected chi connectivity index (χ2v) is 8.12. The van der Waals surface area contributed by atoms with Crippen LogP contribution in [-0.2, 0) is 9.59 Å². The molecule has 0 radical (unpaired) electrons. The number of carbonyl (C=O) groups excluding carboxylic acids is 1. The molecule has 1 aromatic carbocycles. The maximum Gasteiger partial charge on any atom is 0.414 e. The predicted octanol–water partition coefficient (Wildman–Crippen LogP) is 3.45. The van der Waals surface area contributed by atoms with Crippen molar-refractivity contribution in [2.75, 3.05) is 13.6 Å². The number of unbranched alkanes of at least 4 members (excludes halogenated alkanes) is 1. The van der Waals surface area contributed by atoms with Crippen LogP contribution in [-0.4, -0.2) is 63.5 Å². The molecule has 0 saturated carbocycles. The van der Waals surface area contributed by atoms with Crippen molar-refractivity contribution in [3.8, 4) is 0 Å². The van der Waals surface area contributed by atoms with E-state index < -0.39 is 11.9 Å². The zero-order valence-electron chi connectivity index (χ0n) is 18.2. The molecule has 7 nitrogen and oxygen atoms in total. The molecule has 1 amide bonds. The highest BCUT2D eigenvalue weighted by atomic mass is 16.4. The first kappa shape index (κ1) is 23.6. The van der Waals surface area contributed by atoms with Crippen molar-refractivity contribution in [1.29, 1.82) is 0 Å². The van der Waals surface area contributed by atoms with Gasteiger partial charge in [-0.2, -0.15) is 0 Å². The average molecular weight is 417 g/mol. The van der Waals surface area contributed by atoms with Crippen LogP contribution in [0.3, 0.4) is 0 Å². The van der Waals surface area contributed by atoms with Gasteiger partial charge in [0.2, 0.25) is 0 Å². The second-order valence-electron chi connectivity index (χ2n) is 8.12. The van der Waals surface area contributed by atoms with Gasteiger partial charge in [0.15, 0.2) is 0 Å². The molecule has 2 aliphatic heterocycles. The molecule has 1 aromatic rings. The van der Waals surface area contributed by atoms with Crippen LogP contribution in [0.15, 0.2) is 30.0 Å². The Hall–Kier alpha value is -2.67. The lowest BCUT2D eigenvalue weighted by Crippen LogP contribution is -2.41. The Morgan fingerprint density at radius 3 is 2.17 bits per heavy atom. The van der Waals surface area contributed by atoms with Gasteiger partial charge in [-0.05, 0) is 58.4 Å². The van der Waals surface area contributed by atoms with E-state index in [1.54, 1.807) is 0 Å². The van der Waals surface area contributed by atoms with E-state index >= 15 is 0 Å². The molecule has 2 atom stereocenters. The van der Waals surface area contributed by atoms with Gasteiger partial charge >= 0.3 is 11.9 Å². The Balaban J connectivity index is 0.000000469. The van der Waals surface area contributed by atoms with E-state index in [1.165, 1.54) is 18.5 Å². The molecule has 2 unspecified atom stereocenters. The first-order valence-corrected chi connectivity index (χ1v) is 10.4. The summed E-state index contributed by atoms with van der Waals surface area (Å²) < 4.78 is 0. The first-order chi connectivity index (χ1) is 14.1. The van der Waals surface area contributed by atoms with Crippen molar-refractivity contribution >= 4 is 17.8 Å². The molecule has 164 valence electrons. The number of carboxylic acids is 2. The van der Waals surface area contributed by atoms with Crippen molar-refractivity contribution in [3.05, 3.63) is 46.7 Å². The van der Waals surface area contributed by atoms with Crippen LogP contribution in [0, 0.1) is 13.8 Å². The largest absolute Gasteiger partial charge is 0.473 e. The first-order valence-electron chi connectivity index (χ1n) is 10.4. The molecule has 3 rings (SSSR count). The van der Waals surface area contributed by atoms with E-state index in [4.69, 9.17) is 19.8 Å². The third kappa shape index (κ3) is 5.92. The number of hydrogen-bond donors (Lipinski definition) is 2. The second kappa shape index (κ2) is 10.4. The van der Waals surface area contributed by atoms with Crippen molar-refractivity contribution in [2.24, 2.45) is 0 Å². The smallest absolute Gasteiger partial charge is 0.414 e. The molecule has 2 heterocycles. The summed E-state index contributed by atoms with van der Waals surface area (Å²) in [7, 11) is 2.22. The topological polar surface area (TPSA) is 98.2 Å². The van der Waals surface area contributed by atoms with E-state index in [0.717, 1.165) is 42.5 Å². The molecule has 0 aromatic heterocycles. The van der Waals surface area contributed by atoms with Crippen molar-refractivity contribution in [2.45, 2.75) is 65.0 Å². The van der Waals surface area contributed by atoms with E-state index in [-0.39, 0.29) is 5.91 Å². The maximum atomic E-state index is 13.2. The fourth-order valence-electron chi connectivity index (χ4n) is 4.17. The van der Waals surface area contributed by atoms with Crippen LogP contribution in [0.25, 0.3) is 0 Å². The monoisotopic (exact) mass is 416 g/mol. The summed E-state index contributed by atoms with van der Waals surface area (Å²) in [6.07, 6.45) is 7.99. The number of aliphatic carboxylic acids is 2. The minimum absolute atomic E-state index is 0.172. The van der Waals surface area contributed by atoms with Gasteiger partial charge in [0, 0.05) is 36.3 Å². The summed E-state index contributed by atoms with van der Waals surface area (Å²) in [6, 6.07) is 7.29. The third-order valence-electron chi connectivity index (χ3n) is 5.70. The summed E-state index contributed by atoms with van der Waals surface area (Å²) in [5.41, 5.74) is 4.39. The summed E-state index contributed by atoms with van der Waals surface area (Å²) in [5.74, 6) is -3.48. The summed E-state index contributed by atoms with van der Waals surface area (Å²) in [6.45, 7) is 7.15. The van der Waals surface area contributed by atoms with E-state index in [0.29, 0.717) is 12.1 Å². The lowest BCUT2D eigenvalue weighted by molar-refractivity contribution is -0.159. The van der Waals surface area contributed by atoms with Gasteiger partial charge in [-0.15, -0.1) is 0 Å². The van der Waals surface area contributed by atoms with Crippen LogP contribution in [0.5, 0.6) is 0 Å². The normalized spacial score (nSPS) is 20.1. The Morgan fingerprint density at radius 2 is 1.67 bits per heavy atom. The predicted molar refractivity (Wildman–Crippen MR) is 114 cm³/mol. The average Bonchev–Trinajstić information content (AvgIpc) is 2.88. The van der Waals surface area contributed by atoms with Crippen LogP contribution in [0.2, 0.25) is 0 Å². The summed E-state index contributed by atoms with van der Waals surface area (Å²) in [4.78, 5) is 36.0. The highest BCUT2D eigenvalue weighted by Gasteiger charge is 2.36. The standard InChI is InChI=1S/C21H30N2O.C2H2O4/c1-5-6-9-23(20-13-18-7-8-19(14-20)22(18)4)21(24)17-11-15(2)10-16(3)12-17;3-1(4)2(5)6/h10-13,18-19H,5-9,14H2,1-4H3;(H,3,4)(H,5,6). The molecule has 1 saturated heterocycles. The Labute approximate surface area is 178 Å². The van der Waals surface area contributed by atoms with Crippen molar-refractivity contribution < 1.29 is 24.6 Å². The molecule has 1 fully saturated rings. The number of nitrogens with zero attached hydrogens (tertiary/aromatic N) is 2. The van der Waals surface area contributed by atoms with Crippen LogP contribution in [0.4, 0.5) is 0 Å². The van der Waals surface area contributed by atoms with Gasteiger partial charge in [0.1, 0.15) is 0 Å². The van der Waals surface area contributed by atoms with Crippen LogP contribution >= 0.6 is 0 Å². The molecular formula is C23H32N2O5. The molecule has 7 heteroatoms. The number of fused-ring (bicyclic) bond motifs is 2.